The van der Waals surface area contributed by atoms with Gasteiger partial charge in [0.15, 0.2) is 0 Å². The Bertz CT molecular complexity index is 527. The lowest BCUT2D eigenvalue weighted by molar-refractivity contribution is -0.139. The van der Waals surface area contributed by atoms with Gasteiger partial charge in [-0.15, -0.1) is 0 Å². The van der Waals surface area contributed by atoms with E-state index in [4.69, 9.17) is 19.1 Å². The Labute approximate surface area is 158 Å². The van der Waals surface area contributed by atoms with Gasteiger partial charge in [-0.3, -0.25) is 19.2 Å². The van der Waals surface area contributed by atoms with Crippen molar-refractivity contribution in [2.75, 3.05) is 14.2 Å². The minimum atomic E-state index is -2.55. The number of hydrogen-bond acceptors (Lipinski definition) is 6. The molecular weight excluding hydrogens is 376 g/mol. The highest BCUT2D eigenvalue weighted by molar-refractivity contribution is 6.67. The average Bonchev–Trinajstić information content (AvgIpc) is 2.63. The summed E-state index contributed by atoms with van der Waals surface area (Å²) in [6.45, 7) is 0. The first-order valence-electron chi connectivity index (χ1n) is 8.39. The van der Waals surface area contributed by atoms with Crippen molar-refractivity contribution in [1.29, 1.82) is 0 Å². The molecule has 0 aromatic rings. The Morgan fingerprint density at radius 2 is 1.15 bits per heavy atom. The number of amides is 2. The molecule has 0 saturated carbocycles. The van der Waals surface area contributed by atoms with Crippen molar-refractivity contribution in [3.8, 4) is 0 Å². The number of rotatable bonds is 14. The predicted octanol–water partition coefficient (Wildman–Crippen LogP) is 1.43. The second kappa shape index (κ2) is 13.9. The molecule has 10 nitrogen and oxygen atoms in total. The van der Waals surface area contributed by atoms with Crippen molar-refractivity contribution < 1.29 is 38.2 Å². The van der Waals surface area contributed by atoms with E-state index in [2.05, 4.69) is 9.98 Å². The summed E-state index contributed by atoms with van der Waals surface area (Å²) in [5, 5.41) is 17.0. The number of carboxylic acid groups (broad SMARTS) is 2. The molecule has 0 aliphatic heterocycles. The molecule has 0 rings (SSSR count). The minimum absolute atomic E-state index is 0.144. The van der Waals surface area contributed by atoms with E-state index in [1.165, 1.54) is 26.6 Å². The van der Waals surface area contributed by atoms with E-state index >= 15 is 0 Å². The van der Waals surface area contributed by atoms with Gasteiger partial charge in [-0.25, -0.2) is 9.98 Å². The van der Waals surface area contributed by atoms with Crippen LogP contribution in [0.5, 0.6) is 0 Å². The van der Waals surface area contributed by atoms with E-state index in [0.29, 0.717) is 24.9 Å². The first-order valence-corrected chi connectivity index (χ1v) is 10.6. The van der Waals surface area contributed by atoms with Crippen LogP contribution in [0.4, 0.5) is 0 Å². The summed E-state index contributed by atoms with van der Waals surface area (Å²) in [6, 6.07) is 1.05. The second-order valence-electron chi connectivity index (χ2n) is 5.59. The zero-order chi connectivity index (χ0) is 20.7. The van der Waals surface area contributed by atoms with Gasteiger partial charge in [0, 0.05) is 39.5 Å². The van der Waals surface area contributed by atoms with E-state index in [9.17, 15) is 19.2 Å². The zero-order valence-corrected chi connectivity index (χ0v) is 16.5. The number of aliphatic carboxylic acids is 2. The van der Waals surface area contributed by atoms with Gasteiger partial charge in [0.25, 0.3) is 0 Å². The fraction of sp³-hybridized carbons (Fsp3) is 0.625. The Kier molecular flexibility index (Phi) is 12.7. The SMILES string of the molecule is CO[Si](CCC=NC(=O)CCC(=O)O)(CCC=NC(=O)CCC(=O)O)OC. The standard InChI is InChI=1S/C16H26N2O8Si/c1-25-27(26-2,11-3-9-17-13(19)5-7-15(21)22)12-4-10-18-14(20)6-8-16(23)24/h9-10H,3-8,11-12H2,1-2H3,(H,21,22)(H,23,24). The van der Waals surface area contributed by atoms with Crippen molar-refractivity contribution in [1.82, 2.24) is 0 Å². The number of carbonyl (C=O) groups excluding carboxylic acids is 2. The number of aliphatic imine (C=N–C) groups is 2. The van der Waals surface area contributed by atoms with Gasteiger partial charge in [0.05, 0.1) is 12.8 Å². The highest BCUT2D eigenvalue weighted by Gasteiger charge is 2.33. The average molecular weight is 402 g/mol. The summed E-state index contributed by atoms with van der Waals surface area (Å²) in [5.74, 6) is -3.09. The maximum absolute atomic E-state index is 11.4. The number of carbonyl (C=O) groups is 4. The quantitative estimate of drug-likeness (QED) is 0.327. The smallest absolute Gasteiger partial charge is 0.338 e. The maximum Gasteiger partial charge on any atom is 0.338 e. The first kappa shape index (κ1) is 24.8. The summed E-state index contributed by atoms with van der Waals surface area (Å²) >= 11 is 0. The highest BCUT2D eigenvalue weighted by atomic mass is 28.4. The molecule has 0 unspecified atom stereocenters. The van der Waals surface area contributed by atoms with Gasteiger partial charge in [-0.2, -0.15) is 0 Å². The lowest BCUT2D eigenvalue weighted by Crippen LogP contribution is -2.40. The number of hydrogen-bond donors (Lipinski definition) is 2. The maximum atomic E-state index is 11.4. The van der Waals surface area contributed by atoms with Crippen molar-refractivity contribution >= 4 is 44.7 Å². The molecule has 0 atom stereocenters. The van der Waals surface area contributed by atoms with Gasteiger partial charge in [-0.05, 0) is 24.9 Å². The van der Waals surface area contributed by atoms with Gasteiger partial charge in [0.2, 0.25) is 11.8 Å². The van der Waals surface area contributed by atoms with Crippen molar-refractivity contribution in [3.63, 3.8) is 0 Å². The van der Waals surface area contributed by atoms with E-state index < -0.39 is 32.3 Å². The van der Waals surface area contributed by atoms with Crippen molar-refractivity contribution in [3.05, 3.63) is 0 Å². The topological polar surface area (TPSA) is 152 Å². The van der Waals surface area contributed by atoms with Crippen LogP contribution in [0.15, 0.2) is 9.98 Å². The normalized spacial score (nSPS) is 11.9. The van der Waals surface area contributed by atoms with Gasteiger partial charge in [-0.1, -0.05) is 0 Å². The third-order valence-corrected chi connectivity index (χ3v) is 7.22. The molecule has 0 bridgehead atoms. The molecule has 0 aromatic heterocycles. The molecule has 2 amide bonds. The lowest BCUT2D eigenvalue weighted by Gasteiger charge is -2.26. The minimum Gasteiger partial charge on any atom is -0.481 e. The van der Waals surface area contributed by atoms with Crippen LogP contribution in [0.2, 0.25) is 12.1 Å². The van der Waals surface area contributed by atoms with E-state index in [1.807, 2.05) is 0 Å². The van der Waals surface area contributed by atoms with Crippen LogP contribution in [0.1, 0.15) is 38.5 Å². The van der Waals surface area contributed by atoms with Crippen LogP contribution in [-0.4, -0.2) is 69.2 Å². The van der Waals surface area contributed by atoms with Crippen LogP contribution in [-0.2, 0) is 28.0 Å². The molecule has 27 heavy (non-hydrogen) atoms. The van der Waals surface area contributed by atoms with Gasteiger partial charge < -0.3 is 19.1 Å². The van der Waals surface area contributed by atoms with Crippen LogP contribution in [0.3, 0.4) is 0 Å². The third kappa shape index (κ3) is 12.7. The van der Waals surface area contributed by atoms with E-state index in [0.717, 1.165) is 0 Å². The fourth-order valence-corrected chi connectivity index (χ4v) is 4.45. The molecule has 0 saturated heterocycles. The summed E-state index contributed by atoms with van der Waals surface area (Å²) in [5.41, 5.74) is 0. The largest absolute Gasteiger partial charge is 0.481 e. The molecular formula is C16H26N2O8Si. The first-order chi connectivity index (χ1) is 12.7. The van der Waals surface area contributed by atoms with E-state index in [-0.39, 0.29) is 25.7 Å². The van der Waals surface area contributed by atoms with Crippen molar-refractivity contribution in [2.45, 2.75) is 50.6 Å². The van der Waals surface area contributed by atoms with Gasteiger partial charge >= 0.3 is 20.5 Å². The zero-order valence-electron chi connectivity index (χ0n) is 15.5. The van der Waals surface area contributed by atoms with Crippen LogP contribution in [0, 0.1) is 0 Å². The summed E-state index contributed by atoms with van der Waals surface area (Å²) in [4.78, 5) is 50.9. The summed E-state index contributed by atoms with van der Waals surface area (Å²) in [7, 11) is 0.502. The Balaban J connectivity index is 4.38. The molecule has 0 aliphatic carbocycles. The molecule has 2 N–H and O–H groups in total. The molecule has 11 heteroatoms. The van der Waals surface area contributed by atoms with E-state index in [1.54, 1.807) is 0 Å². The Hall–Kier alpha value is -2.24. The Morgan fingerprint density at radius 1 is 0.778 bits per heavy atom. The number of carboxylic acids is 2. The summed E-state index contributed by atoms with van der Waals surface area (Å²) in [6.07, 6.45) is 2.92. The predicted molar refractivity (Wildman–Crippen MR) is 99.4 cm³/mol. The monoisotopic (exact) mass is 402 g/mol. The third-order valence-electron chi connectivity index (χ3n) is 3.63. The van der Waals surface area contributed by atoms with Gasteiger partial charge in [0.1, 0.15) is 0 Å². The van der Waals surface area contributed by atoms with Crippen LogP contribution >= 0.6 is 0 Å². The molecule has 0 heterocycles. The molecule has 152 valence electrons. The van der Waals surface area contributed by atoms with Crippen molar-refractivity contribution in [2.24, 2.45) is 9.98 Å². The molecule has 0 radical (unpaired) electrons. The summed E-state index contributed by atoms with van der Waals surface area (Å²) < 4.78 is 11.1. The second-order valence-corrected chi connectivity index (χ2v) is 9.23. The highest BCUT2D eigenvalue weighted by Crippen LogP contribution is 2.20. The molecule has 0 fully saturated rings. The lowest BCUT2D eigenvalue weighted by atomic mass is 10.3. The van der Waals surface area contributed by atoms with Crippen LogP contribution in [0.25, 0.3) is 0 Å². The Morgan fingerprint density at radius 3 is 1.44 bits per heavy atom. The fourth-order valence-electron chi connectivity index (χ4n) is 2.08. The van der Waals surface area contributed by atoms with Crippen LogP contribution < -0.4 is 0 Å². The molecule has 0 aliphatic rings. The molecule has 0 aromatic carbocycles. The number of nitrogens with zero attached hydrogens (tertiary/aromatic N) is 2. The molecule has 0 spiro atoms.